The summed E-state index contributed by atoms with van der Waals surface area (Å²) >= 11 is 0. The molecule has 3 heterocycles. The molecule has 30 heavy (non-hydrogen) atoms. The third kappa shape index (κ3) is 4.57. The van der Waals surface area contributed by atoms with E-state index in [1.165, 1.54) is 4.31 Å². The molecule has 0 saturated carbocycles. The fraction of sp³-hybridized carbons (Fsp3) is 0.429. The summed E-state index contributed by atoms with van der Waals surface area (Å²) in [5.74, 6) is 0.844. The van der Waals surface area contributed by atoms with Crippen LogP contribution in [0.15, 0.2) is 42.7 Å². The molecule has 2 aliphatic heterocycles. The van der Waals surface area contributed by atoms with Crippen molar-refractivity contribution in [2.24, 2.45) is 0 Å². The summed E-state index contributed by atoms with van der Waals surface area (Å²) in [5, 5.41) is 2.92. The molecule has 0 aliphatic carbocycles. The second kappa shape index (κ2) is 8.61. The minimum Gasteiger partial charge on any atom is -0.490 e. The van der Waals surface area contributed by atoms with Gasteiger partial charge in [-0.25, -0.2) is 17.5 Å². The van der Waals surface area contributed by atoms with Gasteiger partial charge in [0.15, 0.2) is 0 Å². The van der Waals surface area contributed by atoms with Crippen molar-refractivity contribution in [3.63, 3.8) is 0 Å². The summed E-state index contributed by atoms with van der Waals surface area (Å²) in [4.78, 5) is 18.4. The fourth-order valence-electron chi connectivity index (χ4n) is 3.79. The maximum Gasteiger partial charge on any atom is 0.322 e. The zero-order chi connectivity index (χ0) is 21.1. The first kappa shape index (κ1) is 20.6. The van der Waals surface area contributed by atoms with Crippen molar-refractivity contribution in [2.75, 3.05) is 24.2 Å². The van der Waals surface area contributed by atoms with E-state index in [0.717, 1.165) is 11.1 Å². The van der Waals surface area contributed by atoms with E-state index in [1.807, 2.05) is 30.3 Å². The van der Waals surface area contributed by atoms with Crippen molar-refractivity contribution in [1.29, 1.82) is 0 Å². The number of hydrogen-bond donors (Lipinski definition) is 1. The summed E-state index contributed by atoms with van der Waals surface area (Å²) in [7, 11) is -3.13. The lowest BCUT2D eigenvalue weighted by Crippen LogP contribution is -2.42. The topological polar surface area (TPSA) is 91.8 Å². The standard InChI is InChI=1S/C21H26N4O4S/c1-2-30(27,28)25-11-8-20(9-12-25)29-19-5-3-18(4-6-19)23-21(26)24-14-16-7-10-22-13-17(16)15-24/h3-7,10,13,20H,2,8-9,11-12,14-15H2,1H3,(H,23,26). The van der Waals surface area contributed by atoms with Crippen molar-refractivity contribution in [1.82, 2.24) is 14.2 Å². The predicted molar refractivity (Wildman–Crippen MR) is 114 cm³/mol. The summed E-state index contributed by atoms with van der Waals surface area (Å²) < 4.78 is 31.4. The second-order valence-corrected chi connectivity index (χ2v) is 9.83. The lowest BCUT2D eigenvalue weighted by Gasteiger charge is -2.31. The number of carbonyl (C=O) groups is 1. The average molecular weight is 431 g/mol. The zero-order valence-corrected chi connectivity index (χ0v) is 17.8. The first-order valence-corrected chi connectivity index (χ1v) is 11.8. The number of ether oxygens (including phenoxy) is 1. The first-order valence-electron chi connectivity index (χ1n) is 10.2. The van der Waals surface area contributed by atoms with Crippen LogP contribution in [0.25, 0.3) is 0 Å². The van der Waals surface area contributed by atoms with Gasteiger partial charge in [0, 0.05) is 44.3 Å². The van der Waals surface area contributed by atoms with Crippen molar-refractivity contribution < 1.29 is 17.9 Å². The van der Waals surface area contributed by atoms with Crippen molar-refractivity contribution in [2.45, 2.75) is 39.0 Å². The third-order valence-electron chi connectivity index (χ3n) is 5.58. The molecule has 0 bridgehead atoms. The molecule has 8 nitrogen and oxygen atoms in total. The number of nitrogens with one attached hydrogen (secondary N) is 1. The Morgan fingerprint density at radius 1 is 1.13 bits per heavy atom. The molecular formula is C21H26N4O4S. The van der Waals surface area contributed by atoms with Crippen molar-refractivity contribution in [3.05, 3.63) is 53.9 Å². The first-order chi connectivity index (χ1) is 14.4. The van der Waals surface area contributed by atoms with Gasteiger partial charge < -0.3 is 15.0 Å². The molecule has 0 atom stereocenters. The monoisotopic (exact) mass is 430 g/mol. The Morgan fingerprint density at radius 2 is 1.83 bits per heavy atom. The van der Waals surface area contributed by atoms with Gasteiger partial charge >= 0.3 is 6.03 Å². The molecule has 1 fully saturated rings. The number of fused-ring (bicyclic) bond motifs is 1. The van der Waals surface area contributed by atoms with Crippen LogP contribution in [-0.2, 0) is 23.1 Å². The lowest BCUT2D eigenvalue weighted by molar-refractivity contribution is 0.135. The van der Waals surface area contributed by atoms with E-state index in [4.69, 9.17) is 4.74 Å². The Bertz CT molecular complexity index is 977. The summed E-state index contributed by atoms with van der Waals surface area (Å²) in [6, 6.07) is 9.07. The minimum atomic E-state index is -3.13. The number of rotatable bonds is 5. The number of urea groups is 1. The second-order valence-electron chi connectivity index (χ2n) is 7.57. The van der Waals surface area contributed by atoms with E-state index in [-0.39, 0.29) is 17.9 Å². The molecule has 0 spiro atoms. The molecular weight excluding hydrogens is 404 g/mol. The quantitative estimate of drug-likeness (QED) is 0.788. The number of benzene rings is 1. The Balaban J connectivity index is 1.27. The zero-order valence-electron chi connectivity index (χ0n) is 17.0. The summed E-state index contributed by atoms with van der Waals surface area (Å²) in [6.45, 7) is 3.78. The minimum absolute atomic E-state index is 0.00883. The highest BCUT2D eigenvalue weighted by Crippen LogP contribution is 2.24. The van der Waals surface area contributed by atoms with E-state index in [2.05, 4.69) is 10.3 Å². The van der Waals surface area contributed by atoms with Crippen LogP contribution in [0.5, 0.6) is 5.75 Å². The number of piperidine rings is 1. The molecule has 0 radical (unpaired) electrons. The van der Waals surface area contributed by atoms with Gasteiger partial charge in [0.05, 0.1) is 5.75 Å². The van der Waals surface area contributed by atoms with Crippen LogP contribution in [-0.4, -0.2) is 53.6 Å². The molecule has 9 heteroatoms. The molecule has 4 rings (SSSR count). The predicted octanol–water partition coefficient (Wildman–Crippen LogP) is 2.82. The molecule has 160 valence electrons. The number of anilines is 1. The van der Waals surface area contributed by atoms with E-state index in [9.17, 15) is 13.2 Å². The number of sulfonamides is 1. The van der Waals surface area contributed by atoms with Gasteiger partial charge in [-0.1, -0.05) is 0 Å². The number of nitrogens with zero attached hydrogens (tertiary/aromatic N) is 3. The highest BCUT2D eigenvalue weighted by atomic mass is 32.2. The molecule has 1 aromatic heterocycles. The van der Waals surface area contributed by atoms with E-state index in [0.29, 0.717) is 50.5 Å². The van der Waals surface area contributed by atoms with Crippen LogP contribution in [0.2, 0.25) is 0 Å². The molecule has 1 saturated heterocycles. The number of aromatic nitrogens is 1. The van der Waals surface area contributed by atoms with Crippen LogP contribution in [0.3, 0.4) is 0 Å². The fourth-order valence-corrected chi connectivity index (χ4v) is 4.92. The molecule has 0 unspecified atom stereocenters. The van der Waals surface area contributed by atoms with E-state index >= 15 is 0 Å². The number of carbonyl (C=O) groups excluding carboxylic acids is 1. The normalized spacial score (nSPS) is 17.6. The van der Waals surface area contributed by atoms with Crippen LogP contribution in [0, 0.1) is 0 Å². The SMILES string of the molecule is CCS(=O)(=O)N1CCC(Oc2ccc(NC(=O)N3Cc4ccncc4C3)cc2)CC1. The van der Waals surface area contributed by atoms with Crippen LogP contribution in [0.1, 0.15) is 30.9 Å². The number of hydrogen-bond acceptors (Lipinski definition) is 5. The van der Waals surface area contributed by atoms with Gasteiger partial charge in [0.2, 0.25) is 10.0 Å². The van der Waals surface area contributed by atoms with Gasteiger partial charge in [0.1, 0.15) is 11.9 Å². The Kier molecular flexibility index (Phi) is 5.92. The lowest BCUT2D eigenvalue weighted by atomic mass is 10.1. The smallest absolute Gasteiger partial charge is 0.322 e. The summed E-state index contributed by atoms with van der Waals surface area (Å²) in [5.41, 5.74) is 2.90. The Morgan fingerprint density at radius 3 is 2.50 bits per heavy atom. The van der Waals surface area contributed by atoms with Crippen LogP contribution < -0.4 is 10.1 Å². The van der Waals surface area contributed by atoms with E-state index in [1.54, 1.807) is 24.2 Å². The average Bonchev–Trinajstić information content (AvgIpc) is 3.20. The van der Waals surface area contributed by atoms with Gasteiger partial charge in [-0.05, 0) is 61.2 Å². The maximum absolute atomic E-state index is 12.5. The van der Waals surface area contributed by atoms with Gasteiger partial charge in [0.25, 0.3) is 0 Å². The van der Waals surface area contributed by atoms with Crippen LogP contribution >= 0.6 is 0 Å². The molecule has 2 amide bonds. The Hall–Kier alpha value is -2.65. The van der Waals surface area contributed by atoms with Crippen molar-refractivity contribution in [3.8, 4) is 5.75 Å². The Labute approximate surface area is 176 Å². The summed E-state index contributed by atoms with van der Waals surface area (Å²) in [6.07, 6.45) is 4.87. The molecule has 1 N–H and O–H groups in total. The maximum atomic E-state index is 12.5. The largest absolute Gasteiger partial charge is 0.490 e. The van der Waals surface area contributed by atoms with Gasteiger partial charge in [-0.3, -0.25) is 4.98 Å². The number of amides is 2. The van der Waals surface area contributed by atoms with Crippen molar-refractivity contribution >= 4 is 21.7 Å². The molecule has 2 aliphatic rings. The van der Waals surface area contributed by atoms with Crippen LogP contribution in [0.4, 0.5) is 10.5 Å². The third-order valence-corrected chi connectivity index (χ3v) is 7.46. The highest BCUT2D eigenvalue weighted by Gasteiger charge is 2.27. The molecule has 2 aromatic rings. The van der Waals surface area contributed by atoms with Gasteiger partial charge in [-0.15, -0.1) is 0 Å². The highest BCUT2D eigenvalue weighted by molar-refractivity contribution is 7.89. The van der Waals surface area contributed by atoms with Gasteiger partial charge in [-0.2, -0.15) is 0 Å². The van der Waals surface area contributed by atoms with E-state index < -0.39 is 10.0 Å². The number of pyridine rings is 1. The molecule has 1 aromatic carbocycles.